The average molecular weight is 389 g/mol. The number of halogens is 3. The lowest BCUT2D eigenvalue weighted by Gasteiger charge is -2.15. The number of nitrogens with one attached hydrogen (secondary N) is 1. The molecule has 1 aliphatic carbocycles. The van der Waals surface area contributed by atoms with Gasteiger partial charge in [-0.3, -0.25) is 9.78 Å². The van der Waals surface area contributed by atoms with E-state index < -0.39 is 12.2 Å². The van der Waals surface area contributed by atoms with Crippen molar-refractivity contribution in [2.75, 3.05) is 12.4 Å². The molecular weight excluding hydrogens is 371 g/mol. The number of benzene rings is 1. The molecule has 2 aliphatic rings. The second-order valence-corrected chi connectivity index (χ2v) is 6.90. The predicted molar refractivity (Wildman–Crippen MR) is 98.7 cm³/mol. The lowest BCUT2D eigenvalue weighted by atomic mass is 10.1. The maximum absolute atomic E-state index is 14.0. The zero-order chi connectivity index (χ0) is 19.8. The fourth-order valence-corrected chi connectivity index (χ4v) is 3.25. The van der Waals surface area contributed by atoms with Crippen LogP contribution in [0.3, 0.4) is 0 Å². The number of nitrogens with zero attached hydrogens (tertiary/aromatic N) is 2. The van der Waals surface area contributed by atoms with Gasteiger partial charge in [0.2, 0.25) is 0 Å². The number of pyridine rings is 1. The van der Waals surface area contributed by atoms with Crippen LogP contribution in [-0.2, 0) is 17.6 Å². The fraction of sp³-hybridized carbons (Fsp3) is 0.350. The fourth-order valence-electron chi connectivity index (χ4n) is 3.25. The molecule has 0 saturated heterocycles. The molecule has 1 N–H and O–H groups in total. The number of aliphatic imine (C=N–C) groups is 1. The van der Waals surface area contributed by atoms with Crippen molar-refractivity contribution in [2.45, 2.75) is 32.1 Å². The first-order chi connectivity index (χ1) is 13.5. The van der Waals surface area contributed by atoms with E-state index in [0.29, 0.717) is 22.8 Å². The van der Waals surface area contributed by atoms with Crippen LogP contribution in [0.5, 0.6) is 5.75 Å². The average Bonchev–Trinajstić information content (AvgIpc) is 3.41. The molecule has 28 heavy (non-hydrogen) atoms. The molecule has 2 aromatic rings. The van der Waals surface area contributed by atoms with Gasteiger partial charge in [0.25, 0.3) is 6.43 Å². The molecular formula is C20H18F3N3O2. The Morgan fingerprint density at radius 1 is 1.32 bits per heavy atom. The summed E-state index contributed by atoms with van der Waals surface area (Å²) in [6, 6.07) is 5.98. The Bertz CT molecular complexity index is 971. The third kappa shape index (κ3) is 3.58. The Morgan fingerprint density at radius 3 is 2.79 bits per heavy atom. The van der Waals surface area contributed by atoms with Crippen molar-refractivity contribution in [3.05, 3.63) is 41.5 Å². The zero-order valence-corrected chi connectivity index (χ0v) is 15.1. The summed E-state index contributed by atoms with van der Waals surface area (Å²) < 4.78 is 45.4. The molecule has 0 spiro atoms. The lowest BCUT2D eigenvalue weighted by Crippen LogP contribution is -2.11. The van der Waals surface area contributed by atoms with Gasteiger partial charge in [-0.05, 0) is 31.0 Å². The van der Waals surface area contributed by atoms with Crippen molar-refractivity contribution in [2.24, 2.45) is 10.9 Å². The van der Waals surface area contributed by atoms with E-state index in [0.717, 1.165) is 12.8 Å². The van der Waals surface area contributed by atoms with E-state index in [-0.39, 0.29) is 41.7 Å². The molecule has 1 fully saturated rings. The number of fused-ring (bicyclic) bond motifs is 1. The standard InChI is InChI=1S/C20H18F3N3O2/c1-28-19-12(21)3-2-4-13(19)25-14-7-11(8-17(27)10-5-6-10)24-15-9-16(20(22)23)26-18(14)15/h2-4,7,10,20H,5-6,8-9H2,1H3,(H,24,25). The van der Waals surface area contributed by atoms with Gasteiger partial charge >= 0.3 is 0 Å². The van der Waals surface area contributed by atoms with Gasteiger partial charge in [0.1, 0.15) is 11.5 Å². The number of Topliss-reactive ketones (excluding diaryl/α,β-unsaturated/α-hetero) is 1. The van der Waals surface area contributed by atoms with Gasteiger partial charge in [-0.1, -0.05) is 6.07 Å². The molecule has 4 rings (SSSR count). The summed E-state index contributed by atoms with van der Waals surface area (Å²) in [5, 5.41) is 3.01. The Balaban J connectivity index is 1.72. The smallest absolute Gasteiger partial charge is 0.277 e. The van der Waals surface area contributed by atoms with E-state index in [1.165, 1.54) is 19.2 Å². The molecule has 0 bridgehead atoms. The summed E-state index contributed by atoms with van der Waals surface area (Å²) in [5.41, 5.74) is 1.60. The Kier molecular flexibility index (Phi) is 4.78. The van der Waals surface area contributed by atoms with Gasteiger partial charge < -0.3 is 10.1 Å². The van der Waals surface area contributed by atoms with Crippen LogP contribution in [0.1, 0.15) is 24.2 Å². The summed E-state index contributed by atoms with van der Waals surface area (Å²) in [6.07, 6.45) is -0.867. The molecule has 0 amide bonds. The molecule has 146 valence electrons. The summed E-state index contributed by atoms with van der Waals surface area (Å²) in [5.74, 6) is -0.392. The minimum absolute atomic E-state index is 0.000251. The number of alkyl halides is 2. The number of para-hydroxylation sites is 1. The minimum Gasteiger partial charge on any atom is -0.492 e. The largest absolute Gasteiger partial charge is 0.492 e. The SMILES string of the molecule is COc1c(F)cccc1Nc1cc(CC(=O)C2CC2)nc2c1N=C(C(F)F)C2. The highest BCUT2D eigenvalue weighted by molar-refractivity contribution is 5.99. The van der Waals surface area contributed by atoms with E-state index >= 15 is 0 Å². The molecule has 5 nitrogen and oxygen atoms in total. The van der Waals surface area contributed by atoms with Crippen LogP contribution < -0.4 is 10.1 Å². The quantitative estimate of drug-likeness (QED) is 0.763. The van der Waals surface area contributed by atoms with E-state index in [2.05, 4.69) is 15.3 Å². The van der Waals surface area contributed by atoms with Gasteiger partial charge in [0, 0.05) is 18.8 Å². The molecule has 8 heteroatoms. The van der Waals surface area contributed by atoms with Crippen molar-refractivity contribution >= 4 is 28.6 Å². The van der Waals surface area contributed by atoms with Gasteiger partial charge in [0.15, 0.2) is 11.6 Å². The minimum atomic E-state index is -2.69. The summed E-state index contributed by atoms with van der Waals surface area (Å²) >= 11 is 0. The van der Waals surface area contributed by atoms with Crippen molar-refractivity contribution in [3.8, 4) is 5.75 Å². The van der Waals surface area contributed by atoms with Crippen molar-refractivity contribution < 1.29 is 22.7 Å². The van der Waals surface area contributed by atoms with Gasteiger partial charge in [-0.15, -0.1) is 0 Å². The number of aromatic nitrogens is 1. The van der Waals surface area contributed by atoms with Crippen LogP contribution in [0.15, 0.2) is 29.3 Å². The molecule has 1 aromatic heterocycles. The van der Waals surface area contributed by atoms with Crippen LogP contribution in [0.4, 0.5) is 30.2 Å². The number of methoxy groups -OCH3 is 1. The second kappa shape index (κ2) is 7.26. The number of ether oxygens (including phenoxy) is 1. The molecule has 0 unspecified atom stereocenters. The van der Waals surface area contributed by atoms with Crippen molar-refractivity contribution in [1.29, 1.82) is 0 Å². The van der Waals surface area contributed by atoms with Crippen LogP contribution in [-0.4, -0.2) is 30.0 Å². The van der Waals surface area contributed by atoms with Gasteiger partial charge in [-0.2, -0.15) is 0 Å². The van der Waals surface area contributed by atoms with E-state index in [1.807, 2.05) is 0 Å². The van der Waals surface area contributed by atoms with Crippen LogP contribution >= 0.6 is 0 Å². The first kappa shape index (κ1) is 18.5. The summed E-state index contributed by atoms with van der Waals surface area (Å²) in [6.45, 7) is 0. The highest BCUT2D eigenvalue weighted by Crippen LogP contribution is 2.40. The highest BCUT2D eigenvalue weighted by Gasteiger charge is 2.31. The lowest BCUT2D eigenvalue weighted by molar-refractivity contribution is -0.119. The molecule has 1 aliphatic heterocycles. The molecule has 1 aromatic carbocycles. The van der Waals surface area contributed by atoms with Crippen molar-refractivity contribution in [1.82, 2.24) is 4.98 Å². The normalized spacial score (nSPS) is 15.4. The van der Waals surface area contributed by atoms with Crippen LogP contribution in [0, 0.1) is 11.7 Å². The third-order valence-electron chi connectivity index (χ3n) is 4.80. The van der Waals surface area contributed by atoms with Crippen molar-refractivity contribution in [3.63, 3.8) is 0 Å². The topological polar surface area (TPSA) is 63.6 Å². The van der Waals surface area contributed by atoms with E-state index in [9.17, 15) is 18.0 Å². The first-order valence-electron chi connectivity index (χ1n) is 8.97. The van der Waals surface area contributed by atoms with Crippen LogP contribution in [0.2, 0.25) is 0 Å². The Hall–Kier alpha value is -2.90. The summed E-state index contributed by atoms with van der Waals surface area (Å²) in [7, 11) is 1.34. The maximum atomic E-state index is 14.0. The summed E-state index contributed by atoms with van der Waals surface area (Å²) in [4.78, 5) is 20.6. The highest BCUT2D eigenvalue weighted by atomic mass is 19.3. The van der Waals surface area contributed by atoms with E-state index in [1.54, 1.807) is 12.1 Å². The number of hydrogen-bond acceptors (Lipinski definition) is 5. The van der Waals surface area contributed by atoms with Crippen LogP contribution in [0.25, 0.3) is 0 Å². The second-order valence-electron chi connectivity index (χ2n) is 6.90. The Morgan fingerprint density at radius 2 is 2.11 bits per heavy atom. The first-order valence-corrected chi connectivity index (χ1v) is 8.97. The molecule has 1 saturated carbocycles. The number of rotatable bonds is 7. The number of anilines is 2. The number of carbonyl (C=O) groups is 1. The number of ketones is 1. The number of carbonyl (C=O) groups excluding carboxylic acids is 1. The monoisotopic (exact) mass is 389 g/mol. The predicted octanol–water partition coefficient (Wildman–Crippen LogP) is 4.39. The Labute approximate surface area is 159 Å². The molecule has 0 atom stereocenters. The molecule has 2 heterocycles. The van der Waals surface area contributed by atoms with E-state index in [4.69, 9.17) is 4.74 Å². The third-order valence-corrected chi connectivity index (χ3v) is 4.80. The number of hydrogen-bond donors (Lipinski definition) is 1. The van der Waals surface area contributed by atoms with Gasteiger partial charge in [-0.25, -0.2) is 18.2 Å². The maximum Gasteiger partial charge on any atom is 0.277 e. The van der Waals surface area contributed by atoms with Gasteiger partial charge in [0.05, 0.1) is 35.6 Å². The molecule has 0 radical (unpaired) electrons. The zero-order valence-electron chi connectivity index (χ0n) is 15.1.